The lowest BCUT2D eigenvalue weighted by Gasteiger charge is -2.34. The summed E-state index contributed by atoms with van der Waals surface area (Å²) in [6.45, 7) is 3.17. The predicted molar refractivity (Wildman–Crippen MR) is 104 cm³/mol. The number of halogens is 2. The summed E-state index contributed by atoms with van der Waals surface area (Å²) in [7, 11) is 0. The molecule has 0 saturated carbocycles. The van der Waals surface area contributed by atoms with Crippen molar-refractivity contribution in [1.29, 1.82) is 0 Å². The molecule has 1 aliphatic heterocycles. The van der Waals surface area contributed by atoms with Crippen LogP contribution >= 0.6 is 12.4 Å². The Kier molecular flexibility index (Phi) is 7.79. The number of carbonyl (C=O) groups excluding carboxylic acids is 1. The molecule has 27 heavy (non-hydrogen) atoms. The molecule has 0 unspecified atom stereocenters. The van der Waals surface area contributed by atoms with Gasteiger partial charge in [-0.25, -0.2) is 19.2 Å². The molecule has 2 aromatic rings. The predicted octanol–water partition coefficient (Wildman–Crippen LogP) is 3.62. The van der Waals surface area contributed by atoms with Crippen molar-refractivity contribution in [2.24, 2.45) is 5.92 Å². The van der Waals surface area contributed by atoms with Crippen molar-refractivity contribution >= 4 is 24.4 Å². The number of carbonyl (C=O) groups is 1. The highest BCUT2D eigenvalue weighted by molar-refractivity contribution is 5.85. The summed E-state index contributed by atoms with van der Waals surface area (Å²) in [5, 5.41) is 3.04. The van der Waals surface area contributed by atoms with Crippen LogP contribution in [0.3, 0.4) is 0 Å². The summed E-state index contributed by atoms with van der Waals surface area (Å²) < 4.78 is 19.7. The molecule has 0 radical (unpaired) electrons. The van der Waals surface area contributed by atoms with Crippen LogP contribution in [0.1, 0.15) is 17.5 Å². The van der Waals surface area contributed by atoms with Gasteiger partial charge in [-0.05, 0) is 25.0 Å². The maximum atomic E-state index is 14.4. The zero-order valence-corrected chi connectivity index (χ0v) is 16.0. The van der Waals surface area contributed by atoms with Crippen LogP contribution in [0, 0.1) is 12.8 Å². The molecule has 2 heterocycles. The lowest BCUT2D eigenvalue weighted by atomic mass is 9.95. The molecule has 8 heteroatoms. The number of ether oxygens (including phenoxy) is 1. The van der Waals surface area contributed by atoms with Crippen molar-refractivity contribution in [3.05, 3.63) is 53.9 Å². The Hall–Kier alpha value is -2.41. The van der Waals surface area contributed by atoms with Gasteiger partial charge in [-0.1, -0.05) is 29.8 Å². The highest BCUT2D eigenvalue weighted by atomic mass is 35.5. The highest BCUT2D eigenvalue weighted by Gasteiger charge is 2.32. The number of rotatable bonds is 5. The number of aryl methyl sites for hydroxylation is 1. The second kappa shape index (κ2) is 10.1. The number of hydrogen-bond acceptors (Lipinski definition) is 5. The van der Waals surface area contributed by atoms with Crippen LogP contribution in [0.25, 0.3) is 0 Å². The number of hydrogen-bond donors (Lipinski definition) is 1. The van der Waals surface area contributed by atoms with Crippen molar-refractivity contribution in [2.45, 2.75) is 26.1 Å². The fourth-order valence-corrected chi connectivity index (χ4v) is 2.88. The summed E-state index contributed by atoms with van der Waals surface area (Å²) in [5.74, 6) is 0.305. The van der Waals surface area contributed by atoms with E-state index in [1.807, 2.05) is 31.2 Å². The molecule has 0 aliphatic carbocycles. The van der Waals surface area contributed by atoms with Gasteiger partial charge < -0.3 is 15.0 Å². The fraction of sp³-hybridized carbons (Fsp3) is 0.421. The summed E-state index contributed by atoms with van der Waals surface area (Å²) in [4.78, 5) is 21.7. The average Bonchev–Trinajstić information content (AvgIpc) is 2.67. The molecule has 146 valence electrons. The van der Waals surface area contributed by atoms with Crippen LogP contribution in [-0.4, -0.2) is 46.8 Å². The number of alkyl halides is 1. The Morgan fingerprint density at radius 3 is 2.67 bits per heavy atom. The Morgan fingerprint density at radius 1 is 1.30 bits per heavy atom. The number of benzene rings is 1. The van der Waals surface area contributed by atoms with Gasteiger partial charge in [0, 0.05) is 31.4 Å². The summed E-state index contributed by atoms with van der Waals surface area (Å²) in [5.41, 5.74) is 2.07. The van der Waals surface area contributed by atoms with Gasteiger partial charge in [-0.2, -0.15) is 0 Å². The Labute approximate surface area is 164 Å². The van der Waals surface area contributed by atoms with E-state index in [1.165, 1.54) is 4.90 Å². The zero-order chi connectivity index (χ0) is 18.4. The van der Waals surface area contributed by atoms with Gasteiger partial charge in [0.2, 0.25) is 5.95 Å². The van der Waals surface area contributed by atoms with Crippen LogP contribution in [0.2, 0.25) is 0 Å². The quantitative estimate of drug-likeness (QED) is 0.838. The second-order valence-corrected chi connectivity index (χ2v) is 6.50. The molecule has 2 atom stereocenters. The monoisotopic (exact) mass is 394 g/mol. The van der Waals surface area contributed by atoms with Gasteiger partial charge in [0.1, 0.15) is 12.8 Å². The minimum absolute atomic E-state index is 0. The van der Waals surface area contributed by atoms with E-state index in [0.717, 1.165) is 11.1 Å². The molecular weight excluding hydrogens is 371 g/mol. The number of amides is 1. The third kappa shape index (κ3) is 6.06. The maximum Gasteiger partial charge on any atom is 0.410 e. The molecular formula is C19H24ClFN4O2. The smallest absolute Gasteiger partial charge is 0.410 e. The molecule has 0 spiro atoms. The molecule has 1 N–H and O–H groups in total. The van der Waals surface area contributed by atoms with E-state index in [1.54, 1.807) is 18.5 Å². The number of nitrogens with one attached hydrogen (secondary N) is 1. The van der Waals surface area contributed by atoms with E-state index < -0.39 is 12.3 Å². The molecule has 1 amide bonds. The van der Waals surface area contributed by atoms with Crippen molar-refractivity contribution in [3.63, 3.8) is 0 Å². The van der Waals surface area contributed by atoms with Crippen molar-refractivity contribution in [1.82, 2.24) is 14.9 Å². The summed E-state index contributed by atoms with van der Waals surface area (Å²) in [6.07, 6.45) is 2.27. The van der Waals surface area contributed by atoms with Crippen LogP contribution in [0.5, 0.6) is 0 Å². The number of anilines is 1. The molecule has 1 aromatic heterocycles. The molecule has 1 fully saturated rings. The largest absolute Gasteiger partial charge is 0.445 e. The third-order valence-corrected chi connectivity index (χ3v) is 4.51. The average molecular weight is 395 g/mol. The molecule has 3 rings (SSSR count). The van der Waals surface area contributed by atoms with E-state index in [9.17, 15) is 9.18 Å². The first kappa shape index (κ1) is 20.9. The van der Waals surface area contributed by atoms with Crippen molar-refractivity contribution < 1.29 is 13.9 Å². The van der Waals surface area contributed by atoms with E-state index in [2.05, 4.69) is 15.3 Å². The molecule has 0 bridgehead atoms. The van der Waals surface area contributed by atoms with Crippen LogP contribution in [-0.2, 0) is 11.3 Å². The van der Waals surface area contributed by atoms with E-state index >= 15 is 0 Å². The molecule has 1 aliphatic rings. The van der Waals surface area contributed by atoms with Gasteiger partial charge in [-0.15, -0.1) is 12.4 Å². The summed E-state index contributed by atoms with van der Waals surface area (Å²) in [6, 6.07) is 9.50. The molecule has 6 nitrogen and oxygen atoms in total. The van der Waals surface area contributed by atoms with Crippen LogP contribution < -0.4 is 5.32 Å². The number of likely N-dealkylation sites (tertiary alicyclic amines) is 1. The minimum atomic E-state index is -1.10. The Balaban J connectivity index is 0.00000261. The van der Waals surface area contributed by atoms with Crippen LogP contribution in [0.4, 0.5) is 15.1 Å². The zero-order valence-electron chi connectivity index (χ0n) is 15.2. The summed E-state index contributed by atoms with van der Waals surface area (Å²) >= 11 is 0. The standard InChI is InChI=1S/C19H23FN4O2.ClH/c1-14-3-5-15(6-4-14)13-26-19(25)24-10-7-16(17(20)12-24)11-23-18-21-8-2-9-22-18;/h2-6,8-9,16-17H,7,10-13H2,1H3,(H,21,22,23);1H/t16-,17-;/m0./s1. The van der Waals surface area contributed by atoms with Gasteiger partial charge in [0.15, 0.2) is 0 Å². The first-order valence-corrected chi connectivity index (χ1v) is 8.74. The van der Waals surface area contributed by atoms with Gasteiger partial charge >= 0.3 is 6.09 Å². The third-order valence-electron chi connectivity index (χ3n) is 4.51. The van der Waals surface area contributed by atoms with E-state index in [0.29, 0.717) is 25.5 Å². The first-order valence-electron chi connectivity index (χ1n) is 8.74. The maximum absolute atomic E-state index is 14.4. The number of aromatic nitrogens is 2. The minimum Gasteiger partial charge on any atom is -0.445 e. The van der Waals surface area contributed by atoms with Crippen molar-refractivity contribution in [3.8, 4) is 0 Å². The molecule has 1 saturated heterocycles. The SMILES string of the molecule is Cc1ccc(COC(=O)N2CC[C@@H](CNc3ncccn3)[C@@H](F)C2)cc1.Cl. The fourth-order valence-electron chi connectivity index (χ4n) is 2.88. The van der Waals surface area contributed by atoms with Crippen LogP contribution in [0.15, 0.2) is 42.7 Å². The second-order valence-electron chi connectivity index (χ2n) is 6.50. The lowest BCUT2D eigenvalue weighted by Crippen LogP contribution is -2.46. The Morgan fingerprint density at radius 2 is 2.00 bits per heavy atom. The van der Waals surface area contributed by atoms with Gasteiger partial charge in [0.25, 0.3) is 0 Å². The topological polar surface area (TPSA) is 67.3 Å². The number of piperidine rings is 1. The van der Waals surface area contributed by atoms with E-state index in [-0.39, 0.29) is 31.5 Å². The highest BCUT2D eigenvalue weighted by Crippen LogP contribution is 2.22. The van der Waals surface area contributed by atoms with E-state index in [4.69, 9.17) is 4.74 Å². The number of nitrogens with zero attached hydrogens (tertiary/aromatic N) is 3. The molecule has 1 aromatic carbocycles. The van der Waals surface area contributed by atoms with Gasteiger partial charge in [0.05, 0.1) is 6.54 Å². The first-order chi connectivity index (χ1) is 12.6. The van der Waals surface area contributed by atoms with Crippen molar-refractivity contribution in [2.75, 3.05) is 25.0 Å². The lowest BCUT2D eigenvalue weighted by molar-refractivity contribution is 0.0544. The Bertz CT molecular complexity index is 717. The normalized spacial score (nSPS) is 19.1. The van der Waals surface area contributed by atoms with Gasteiger partial charge in [-0.3, -0.25) is 0 Å².